The lowest BCUT2D eigenvalue weighted by atomic mass is 9.84. The molecule has 0 aromatic heterocycles. The molecule has 0 saturated heterocycles. The van der Waals surface area contributed by atoms with Crippen LogP contribution in [0.15, 0.2) is 12.1 Å². The quantitative estimate of drug-likeness (QED) is 0.533. The van der Waals surface area contributed by atoms with Crippen LogP contribution in [0.4, 0.5) is 0 Å². The van der Waals surface area contributed by atoms with E-state index in [1.54, 1.807) is 6.07 Å². The molecular formula is C10H15NO3. The van der Waals surface area contributed by atoms with Gasteiger partial charge < -0.3 is 21.1 Å². The van der Waals surface area contributed by atoms with Gasteiger partial charge >= 0.3 is 0 Å². The van der Waals surface area contributed by atoms with Crippen LogP contribution in [-0.2, 0) is 5.41 Å². The smallest absolute Gasteiger partial charge is 0.200 e. The number of hydrogen-bond acceptors (Lipinski definition) is 4. The second kappa shape index (κ2) is 3.38. The first-order valence-electron chi connectivity index (χ1n) is 4.34. The molecule has 0 saturated carbocycles. The van der Waals surface area contributed by atoms with Crippen molar-refractivity contribution in [3.63, 3.8) is 0 Å². The number of aromatic hydroxyl groups is 3. The summed E-state index contributed by atoms with van der Waals surface area (Å²) in [5, 5.41) is 28.0. The van der Waals surface area contributed by atoms with Crippen molar-refractivity contribution in [2.75, 3.05) is 6.54 Å². The summed E-state index contributed by atoms with van der Waals surface area (Å²) in [5.41, 5.74) is 5.63. The molecule has 0 aliphatic carbocycles. The molecule has 0 bridgehead atoms. The predicted octanol–water partition coefficient (Wildman–Crippen LogP) is 1.04. The van der Waals surface area contributed by atoms with Gasteiger partial charge in [-0.1, -0.05) is 19.9 Å². The fourth-order valence-corrected chi connectivity index (χ4v) is 1.23. The molecule has 4 nitrogen and oxygen atoms in total. The predicted molar refractivity (Wildman–Crippen MR) is 53.5 cm³/mol. The SMILES string of the molecule is CC(C)(CN)c1ccc(O)c(O)c1O. The number of rotatable bonds is 2. The third-order valence-corrected chi connectivity index (χ3v) is 2.37. The third-order valence-electron chi connectivity index (χ3n) is 2.37. The van der Waals surface area contributed by atoms with Gasteiger partial charge in [-0.2, -0.15) is 0 Å². The van der Waals surface area contributed by atoms with E-state index in [-0.39, 0.29) is 11.5 Å². The van der Waals surface area contributed by atoms with Crippen LogP contribution < -0.4 is 5.73 Å². The fraction of sp³-hybridized carbons (Fsp3) is 0.400. The number of hydrogen-bond donors (Lipinski definition) is 4. The van der Waals surface area contributed by atoms with Crippen molar-refractivity contribution < 1.29 is 15.3 Å². The van der Waals surface area contributed by atoms with Crippen molar-refractivity contribution in [3.05, 3.63) is 17.7 Å². The molecule has 0 aliphatic heterocycles. The van der Waals surface area contributed by atoms with E-state index in [2.05, 4.69) is 0 Å². The van der Waals surface area contributed by atoms with Crippen LogP contribution in [0, 0.1) is 0 Å². The van der Waals surface area contributed by atoms with E-state index in [1.807, 2.05) is 13.8 Å². The second-order valence-electron chi connectivity index (χ2n) is 3.92. The Morgan fingerprint density at radius 2 is 1.71 bits per heavy atom. The highest BCUT2D eigenvalue weighted by atomic mass is 16.3. The van der Waals surface area contributed by atoms with E-state index in [9.17, 15) is 10.2 Å². The summed E-state index contributed by atoms with van der Waals surface area (Å²) in [6, 6.07) is 2.89. The minimum absolute atomic E-state index is 0.305. The fourth-order valence-electron chi connectivity index (χ4n) is 1.23. The summed E-state index contributed by atoms with van der Waals surface area (Å²) in [6.07, 6.45) is 0. The first kappa shape index (κ1) is 10.7. The maximum absolute atomic E-state index is 9.58. The zero-order valence-corrected chi connectivity index (χ0v) is 8.28. The molecule has 14 heavy (non-hydrogen) atoms. The largest absolute Gasteiger partial charge is 0.504 e. The lowest BCUT2D eigenvalue weighted by Gasteiger charge is -2.24. The summed E-state index contributed by atoms with van der Waals surface area (Å²) in [7, 11) is 0. The van der Waals surface area contributed by atoms with Crippen molar-refractivity contribution >= 4 is 0 Å². The van der Waals surface area contributed by atoms with E-state index in [1.165, 1.54) is 6.07 Å². The van der Waals surface area contributed by atoms with Gasteiger partial charge in [0, 0.05) is 17.5 Å². The number of nitrogens with two attached hydrogens (primary N) is 1. The standard InChI is InChI=1S/C10H15NO3/c1-10(2,5-11)6-3-4-7(12)9(14)8(6)13/h3-4,12-14H,5,11H2,1-2H3. The second-order valence-corrected chi connectivity index (χ2v) is 3.92. The van der Waals surface area contributed by atoms with Crippen LogP contribution in [0.5, 0.6) is 17.2 Å². The molecule has 0 amide bonds. The van der Waals surface area contributed by atoms with Crippen molar-refractivity contribution in [1.29, 1.82) is 0 Å². The zero-order valence-electron chi connectivity index (χ0n) is 8.28. The van der Waals surface area contributed by atoms with E-state index >= 15 is 0 Å². The topological polar surface area (TPSA) is 86.7 Å². The molecule has 0 radical (unpaired) electrons. The van der Waals surface area contributed by atoms with Gasteiger partial charge in [0.25, 0.3) is 0 Å². The molecule has 78 valence electrons. The first-order valence-corrected chi connectivity index (χ1v) is 4.34. The van der Waals surface area contributed by atoms with Gasteiger partial charge in [0.05, 0.1) is 0 Å². The van der Waals surface area contributed by atoms with Crippen molar-refractivity contribution in [2.45, 2.75) is 19.3 Å². The lowest BCUT2D eigenvalue weighted by molar-refractivity contribution is 0.357. The molecule has 1 aromatic carbocycles. The molecule has 0 fully saturated rings. The van der Waals surface area contributed by atoms with Gasteiger partial charge in [-0.3, -0.25) is 0 Å². The molecule has 4 heteroatoms. The van der Waals surface area contributed by atoms with Gasteiger partial charge in [-0.05, 0) is 6.07 Å². The summed E-state index contributed by atoms with van der Waals surface area (Å²) in [4.78, 5) is 0. The van der Waals surface area contributed by atoms with Gasteiger partial charge in [0.15, 0.2) is 11.5 Å². The molecule has 0 unspecified atom stereocenters. The first-order chi connectivity index (χ1) is 6.40. The molecule has 1 aromatic rings. The van der Waals surface area contributed by atoms with Gasteiger partial charge in [0.2, 0.25) is 5.75 Å². The van der Waals surface area contributed by atoms with Crippen molar-refractivity contribution in [1.82, 2.24) is 0 Å². The van der Waals surface area contributed by atoms with Crippen LogP contribution in [-0.4, -0.2) is 21.9 Å². The van der Waals surface area contributed by atoms with E-state index in [0.717, 1.165) is 0 Å². The zero-order chi connectivity index (χ0) is 10.9. The summed E-state index contributed by atoms with van der Waals surface area (Å²) >= 11 is 0. The molecule has 0 heterocycles. The minimum atomic E-state index is -0.496. The Hall–Kier alpha value is -1.42. The molecule has 1 rings (SSSR count). The Kier molecular flexibility index (Phi) is 2.57. The van der Waals surface area contributed by atoms with Crippen LogP contribution in [0.25, 0.3) is 0 Å². The Morgan fingerprint density at radius 3 is 2.21 bits per heavy atom. The highest BCUT2D eigenvalue weighted by Gasteiger charge is 2.24. The molecule has 0 spiro atoms. The van der Waals surface area contributed by atoms with Gasteiger partial charge in [-0.15, -0.1) is 0 Å². The molecule has 5 N–H and O–H groups in total. The number of phenols is 3. The van der Waals surface area contributed by atoms with Crippen LogP contribution in [0.3, 0.4) is 0 Å². The average molecular weight is 197 g/mol. The number of benzene rings is 1. The van der Waals surface area contributed by atoms with Crippen molar-refractivity contribution in [2.24, 2.45) is 5.73 Å². The monoisotopic (exact) mass is 197 g/mol. The van der Waals surface area contributed by atoms with Gasteiger partial charge in [-0.25, -0.2) is 0 Å². The number of phenolic OH excluding ortho intramolecular Hbond substituents is 3. The average Bonchev–Trinajstić information content (AvgIpc) is 2.14. The Labute approximate surface area is 82.6 Å². The summed E-state index contributed by atoms with van der Waals surface area (Å²) in [5.74, 6) is -1.14. The van der Waals surface area contributed by atoms with E-state index < -0.39 is 11.2 Å². The summed E-state index contributed by atoms with van der Waals surface area (Å²) in [6.45, 7) is 4.03. The molecule has 0 aliphatic rings. The van der Waals surface area contributed by atoms with E-state index in [0.29, 0.717) is 12.1 Å². The Balaban J connectivity index is 3.31. The Bertz CT molecular complexity index is 347. The summed E-state index contributed by atoms with van der Waals surface area (Å²) < 4.78 is 0. The lowest BCUT2D eigenvalue weighted by Crippen LogP contribution is -2.28. The molecular weight excluding hydrogens is 182 g/mol. The van der Waals surface area contributed by atoms with E-state index in [4.69, 9.17) is 10.8 Å². The van der Waals surface area contributed by atoms with Crippen molar-refractivity contribution in [3.8, 4) is 17.2 Å². The maximum atomic E-state index is 9.58. The van der Waals surface area contributed by atoms with Crippen LogP contribution >= 0.6 is 0 Å². The van der Waals surface area contributed by atoms with Crippen LogP contribution in [0.1, 0.15) is 19.4 Å². The van der Waals surface area contributed by atoms with Crippen LogP contribution in [0.2, 0.25) is 0 Å². The minimum Gasteiger partial charge on any atom is -0.504 e. The Morgan fingerprint density at radius 1 is 1.14 bits per heavy atom. The maximum Gasteiger partial charge on any atom is 0.200 e. The highest BCUT2D eigenvalue weighted by molar-refractivity contribution is 5.55. The highest BCUT2D eigenvalue weighted by Crippen LogP contribution is 2.41. The third kappa shape index (κ3) is 1.61. The normalized spacial score (nSPS) is 11.6. The molecule has 0 atom stereocenters. The van der Waals surface area contributed by atoms with Gasteiger partial charge in [0.1, 0.15) is 0 Å².